The van der Waals surface area contributed by atoms with Crippen LogP contribution in [0.25, 0.3) is 10.8 Å². The van der Waals surface area contributed by atoms with Crippen molar-refractivity contribution in [3.63, 3.8) is 0 Å². The van der Waals surface area contributed by atoms with Crippen LogP contribution in [-0.4, -0.2) is 11.0 Å². The molecule has 1 N–H and O–H groups in total. The summed E-state index contributed by atoms with van der Waals surface area (Å²) in [4.78, 5) is 6.10. The van der Waals surface area contributed by atoms with Crippen molar-refractivity contribution in [1.29, 1.82) is 0 Å². The zero-order valence-electron chi connectivity index (χ0n) is 12.1. The van der Waals surface area contributed by atoms with E-state index >= 15 is 0 Å². The highest BCUT2D eigenvalue weighted by molar-refractivity contribution is 7.15. The van der Waals surface area contributed by atoms with Gasteiger partial charge >= 0.3 is 0 Å². The molecule has 4 heteroatoms. The topological polar surface area (TPSA) is 38.1 Å². The lowest BCUT2D eigenvalue weighted by atomic mass is 10.2. The Morgan fingerprint density at radius 3 is 2.79 bits per heavy atom. The van der Waals surface area contributed by atoms with Crippen LogP contribution in [0, 0.1) is 6.92 Å². The lowest BCUT2D eigenvalue weighted by Gasteiger charge is -2.07. The molecule has 0 radical (unpaired) electrons. The smallest absolute Gasteiger partial charge is 0.165 e. The van der Waals surface area contributed by atoms with E-state index < -0.39 is 0 Å². The molecule has 2 heterocycles. The van der Waals surface area contributed by atoms with Gasteiger partial charge < -0.3 is 9.73 Å². The van der Waals surface area contributed by atoms with Crippen LogP contribution in [0.15, 0.2) is 16.7 Å². The second-order valence-electron chi connectivity index (χ2n) is 5.11. The molecule has 0 amide bonds. The van der Waals surface area contributed by atoms with Crippen molar-refractivity contribution in [3.8, 4) is 10.8 Å². The van der Waals surface area contributed by atoms with Gasteiger partial charge in [-0.25, -0.2) is 4.98 Å². The zero-order chi connectivity index (χ0) is 13.8. The van der Waals surface area contributed by atoms with E-state index in [1.54, 1.807) is 17.6 Å². The number of furan rings is 1. The normalized spacial score (nSPS) is 11.4. The van der Waals surface area contributed by atoms with Gasteiger partial charge in [0.05, 0.1) is 12.0 Å². The summed E-state index contributed by atoms with van der Waals surface area (Å²) < 4.78 is 5.55. The number of aryl methyl sites for hydroxylation is 2. The monoisotopic (exact) mass is 278 g/mol. The van der Waals surface area contributed by atoms with E-state index in [9.17, 15) is 0 Å². The number of nitrogens with zero attached hydrogens (tertiary/aromatic N) is 1. The van der Waals surface area contributed by atoms with Crippen molar-refractivity contribution in [2.45, 2.75) is 53.1 Å². The Hall–Kier alpha value is -1.13. The van der Waals surface area contributed by atoms with Gasteiger partial charge in [0.2, 0.25) is 0 Å². The molecule has 0 aliphatic rings. The first-order chi connectivity index (χ1) is 9.11. The fourth-order valence-electron chi connectivity index (χ4n) is 1.94. The maximum atomic E-state index is 5.55. The van der Waals surface area contributed by atoms with Gasteiger partial charge in [-0.05, 0) is 25.0 Å². The Morgan fingerprint density at radius 2 is 2.21 bits per heavy atom. The maximum Gasteiger partial charge on any atom is 0.165 e. The van der Waals surface area contributed by atoms with E-state index in [0.717, 1.165) is 35.7 Å². The first-order valence-corrected chi connectivity index (χ1v) is 7.69. The Kier molecular flexibility index (Phi) is 4.77. The van der Waals surface area contributed by atoms with Crippen molar-refractivity contribution in [3.05, 3.63) is 28.5 Å². The Balaban J connectivity index is 2.26. The van der Waals surface area contributed by atoms with E-state index in [0.29, 0.717) is 6.04 Å². The van der Waals surface area contributed by atoms with E-state index in [-0.39, 0.29) is 0 Å². The predicted octanol–water partition coefficient (Wildman–Crippen LogP) is 4.16. The number of nitrogens with one attached hydrogen (secondary N) is 1. The molecule has 0 fully saturated rings. The van der Waals surface area contributed by atoms with Crippen molar-refractivity contribution in [2.75, 3.05) is 0 Å². The first-order valence-electron chi connectivity index (χ1n) is 6.88. The van der Waals surface area contributed by atoms with Gasteiger partial charge in [0.25, 0.3) is 0 Å². The second-order valence-corrected chi connectivity index (χ2v) is 6.19. The van der Waals surface area contributed by atoms with Gasteiger partial charge in [-0.2, -0.15) is 0 Å². The van der Waals surface area contributed by atoms with Crippen LogP contribution in [0.3, 0.4) is 0 Å². The number of hydrogen-bond donors (Lipinski definition) is 1. The van der Waals surface area contributed by atoms with Crippen molar-refractivity contribution in [2.24, 2.45) is 0 Å². The van der Waals surface area contributed by atoms with Crippen molar-refractivity contribution >= 4 is 11.3 Å². The van der Waals surface area contributed by atoms with Gasteiger partial charge in [-0.15, -0.1) is 11.3 Å². The summed E-state index contributed by atoms with van der Waals surface area (Å²) in [6.45, 7) is 9.48. The van der Waals surface area contributed by atoms with Crippen LogP contribution in [0.1, 0.15) is 43.3 Å². The summed E-state index contributed by atoms with van der Waals surface area (Å²) in [6.07, 6.45) is 3.89. The largest absolute Gasteiger partial charge is 0.462 e. The molecule has 104 valence electrons. The molecule has 19 heavy (non-hydrogen) atoms. The lowest BCUT2D eigenvalue weighted by molar-refractivity contribution is 0.579. The SMILES string of the molecule is CCCc1nc(-c2occc2C)sc1CNC(C)C. The summed E-state index contributed by atoms with van der Waals surface area (Å²) in [6, 6.07) is 2.48. The van der Waals surface area contributed by atoms with Gasteiger partial charge in [0, 0.05) is 17.5 Å². The number of hydrogen-bond acceptors (Lipinski definition) is 4. The highest BCUT2D eigenvalue weighted by Gasteiger charge is 2.15. The summed E-state index contributed by atoms with van der Waals surface area (Å²) in [5, 5.41) is 4.48. The molecule has 0 aliphatic heterocycles. The lowest BCUT2D eigenvalue weighted by Crippen LogP contribution is -2.21. The quantitative estimate of drug-likeness (QED) is 0.862. The zero-order valence-corrected chi connectivity index (χ0v) is 12.9. The molecule has 0 saturated heterocycles. The van der Waals surface area contributed by atoms with Gasteiger partial charge in [0.1, 0.15) is 0 Å². The third kappa shape index (κ3) is 3.45. The molecule has 0 saturated carbocycles. The van der Waals surface area contributed by atoms with E-state index in [4.69, 9.17) is 9.40 Å². The maximum absolute atomic E-state index is 5.55. The minimum absolute atomic E-state index is 0.491. The third-order valence-electron chi connectivity index (χ3n) is 2.99. The van der Waals surface area contributed by atoms with Crippen LogP contribution in [0.5, 0.6) is 0 Å². The number of thiazole rings is 1. The number of rotatable bonds is 6. The van der Waals surface area contributed by atoms with E-state index in [1.165, 1.54) is 10.6 Å². The molecule has 0 spiro atoms. The molecule has 0 aliphatic carbocycles. The van der Waals surface area contributed by atoms with Crippen molar-refractivity contribution < 1.29 is 4.42 Å². The van der Waals surface area contributed by atoms with Gasteiger partial charge in [-0.1, -0.05) is 27.2 Å². The Labute approximate surface area is 119 Å². The molecule has 0 bridgehead atoms. The standard InChI is InChI=1S/C15H22N2OS/c1-5-6-12-13(9-16-10(2)3)19-15(17-12)14-11(4)7-8-18-14/h7-8,10,16H,5-6,9H2,1-4H3. The predicted molar refractivity (Wildman–Crippen MR) is 80.5 cm³/mol. The highest BCUT2D eigenvalue weighted by atomic mass is 32.1. The minimum atomic E-state index is 0.491. The third-order valence-corrected chi connectivity index (χ3v) is 4.09. The van der Waals surface area contributed by atoms with E-state index in [1.807, 2.05) is 6.07 Å². The first kappa shape index (κ1) is 14.3. The summed E-state index contributed by atoms with van der Waals surface area (Å²) in [5.41, 5.74) is 2.37. The van der Waals surface area contributed by atoms with Crippen molar-refractivity contribution in [1.82, 2.24) is 10.3 Å². The molecular weight excluding hydrogens is 256 g/mol. The minimum Gasteiger partial charge on any atom is -0.462 e. The molecule has 0 aromatic carbocycles. The molecule has 0 unspecified atom stereocenters. The highest BCUT2D eigenvalue weighted by Crippen LogP contribution is 2.31. The molecular formula is C15H22N2OS. The molecule has 2 aromatic heterocycles. The molecule has 3 nitrogen and oxygen atoms in total. The van der Waals surface area contributed by atoms with Crippen LogP contribution in [-0.2, 0) is 13.0 Å². The molecule has 2 aromatic rings. The summed E-state index contributed by atoms with van der Waals surface area (Å²) in [5.74, 6) is 0.915. The molecule has 2 rings (SSSR count). The fraction of sp³-hybridized carbons (Fsp3) is 0.533. The fourth-order valence-corrected chi connectivity index (χ4v) is 3.05. The number of aromatic nitrogens is 1. The van der Waals surface area contributed by atoms with Gasteiger partial charge in [-0.3, -0.25) is 0 Å². The van der Waals surface area contributed by atoms with Crippen LogP contribution < -0.4 is 5.32 Å². The van der Waals surface area contributed by atoms with Crippen LogP contribution >= 0.6 is 11.3 Å². The Bertz CT molecular complexity index is 528. The molecule has 0 atom stereocenters. The van der Waals surface area contributed by atoms with Crippen LogP contribution in [0.4, 0.5) is 0 Å². The average molecular weight is 278 g/mol. The van der Waals surface area contributed by atoms with Gasteiger partial charge in [0.15, 0.2) is 10.8 Å². The van der Waals surface area contributed by atoms with Crippen LogP contribution in [0.2, 0.25) is 0 Å². The Morgan fingerprint density at radius 1 is 1.42 bits per heavy atom. The second kappa shape index (κ2) is 6.35. The van der Waals surface area contributed by atoms with E-state index in [2.05, 4.69) is 33.0 Å². The average Bonchev–Trinajstić information content (AvgIpc) is 2.93. The summed E-state index contributed by atoms with van der Waals surface area (Å²) >= 11 is 1.75. The summed E-state index contributed by atoms with van der Waals surface area (Å²) in [7, 11) is 0.